The molecule has 0 aliphatic rings. The van der Waals surface area contributed by atoms with Gasteiger partial charge in [-0.15, -0.1) is 0 Å². The minimum absolute atomic E-state index is 0.191. The third kappa shape index (κ3) is 1.77. The topological polar surface area (TPSA) is 25.0 Å². The second-order valence-electron chi connectivity index (χ2n) is 3.51. The van der Waals surface area contributed by atoms with Gasteiger partial charge >= 0.3 is 0 Å². The molecule has 0 fully saturated rings. The smallest absolute Gasteiger partial charge is 0.144 e. The summed E-state index contributed by atoms with van der Waals surface area (Å²) in [5.41, 5.74) is 1.06. The van der Waals surface area contributed by atoms with Crippen molar-refractivity contribution in [3.8, 4) is 5.75 Å². The zero-order valence-corrected chi connectivity index (χ0v) is 9.76. The van der Waals surface area contributed by atoms with E-state index >= 15 is 0 Å². The molecule has 0 bridgehead atoms. The van der Waals surface area contributed by atoms with Crippen molar-refractivity contribution in [1.82, 2.24) is 4.98 Å². The lowest BCUT2D eigenvalue weighted by molar-refractivity contribution is 0.245. The first-order valence-corrected chi connectivity index (χ1v) is 5.39. The highest BCUT2D eigenvalue weighted by Crippen LogP contribution is 2.29. The molecular formula is C11H12BrNO. The monoisotopic (exact) mass is 253 g/mol. The molecule has 0 saturated carbocycles. The van der Waals surface area contributed by atoms with E-state index in [1.165, 1.54) is 0 Å². The van der Waals surface area contributed by atoms with Crippen LogP contribution in [-0.4, -0.2) is 11.1 Å². The van der Waals surface area contributed by atoms with Crippen LogP contribution >= 0.6 is 15.9 Å². The molecule has 2 aromatic rings. The van der Waals surface area contributed by atoms with Gasteiger partial charge in [0.15, 0.2) is 0 Å². The summed E-state index contributed by atoms with van der Waals surface area (Å²) in [6, 6.07) is 6.09. The van der Waals surface area contributed by atoms with E-state index in [9.17, 15) is 0 Å². The van der Waals surface area contributed by atoms with Crippen LogP contribution in [0.1, 0.15) is 13.8 Å². The van der Waals surface area contributed by atoms with Crippen LogP contribution in [-0.2, 0) is 0 Å². The molecule has 0 unspecified atom stereocenters. The molecule has 1 aromatic heterocycles. The zero-order chi connectivity index (χ0) is 10.1. The van der Waals surface area contributed by atoms with E-state index < -0.39 is 0 Å². The molecule has 0 aliphatic heterocycles. The summed E-state index contributed by atoms with van der Waals surface area (Å²) in [7, 11) is 0. The van der Waals surface area contributed by atoms with Gasteiger partial charge in [-0.1, -0.05) is 15.9 Å². The van der Waals surface area contributed by atoms with Gasteiger partial charge in [0, 0.05) is 16.1 Å². The first kappa shape index (κ1) is 9.59. The van der Waals surface area contributed by atoms with Crippen molar-refractivity contribution in [3.05, 3.63) is 28.9 Å². The van der Waals surface area contributed by atoms with Crippen LogP contribution < -0.4 is 4.74 Å². The van der Waals surface area contributed by atoms with Gasteiger partial charge in [-0.3, -0.25) is 0 Å². The first-order valence-electron chi connectivity index (χ1n) is 4.60. The molecule has 0 amide bonds. The Bertz CT molecular complexity index is 447. The number of rotatable bonds is 2. The van der Waals surface area contributed by atoms with Gasteiger partial charge in [-0.05, 0) is 32.0 Å². The van der Waals surface area contributed by atoms with Gasteiger partial charge in [0.25, 0.3) is 0 Å². The van der Waals surface area contributed by atoms with Crippen molar-refractivity contribution < 1.29 is 4.74 Å². The summed E-state index contributed by atoms with van der Waals surface area (Å²) < 4.78 is 6.75. The molecule has 0 spiro atoms. The Morgan fingerprint density at radius 3 is 2.86 bits per heavy atom. The average molecular weight is 254 g/mol. The molecule has 3 heteroatoms. The van der Waals surface area contributed by atoms with Crippen LogP contribution in [0, 0.1) is 0 Å². The maximum absolute atomic E-state index is 5.71. The van der Waals surface area contributed by atoms with E-state index in [2.05, 4.69) is 27.0 Å². The van der Waals surface area contributed by atoms with Gasteiger partial charge in [0.1, 0.15) is 5.75 Å². The lowest BCUT2D eigenvalue weighted by Crippen LogP contribution is -2.05. The summed E-state index contributed by atoms with van der Waals surface area (Å²) in [4.78, 5) is 3.17. The van der Waals surface area contributed by atoms with Crippen molar-refractivity contribution >= 4 is 26.8 Å². The fourth-order valence-corrected chi connectivity index (χ4v) is 1.90. The normalized spacial score (nSPS) is 11.1. The average Bonchev–Trinajstić information content (AvgIpc) is 2.50. The number of halogens is 1. The summed E-state index contributed by atoms with van der Waals surface area (Å²) in [5.74, 6) is 0.898. The molecule has 0 saturated heterocycles. The summed E-state index contributed by atoms with van der Waals surface area (Å²) in [5, 5.41) is 1.16. The highest BCUT2D eigenvalue weighted by atomic mass is 79.9. The van der Waals surface area contributed by atoms with E-state index in [0.717, 1.165) is 21.1 Å². The van der Waals surface area contributed by atoms with Gasteiger partial charge in [-0.2, -0.15) is 0 Å². The van der Waals surface area contributed by atoms with Crippen LogP contribution in [0.2, 0.25) is 0 Å². The van der Waals surface area contributed by atoms with Crippen LogP contribution in [0.4, 0.5) is 0 Å². The maximum atomic E-state index is 5.71. The number of benzene rings is 1. The number of hydrogen-bond donors (Lipinski definition) is 1. The molecule has 14 heavy (non-hydrogen) atoms. The molecule has 0 aliphatic carbocycles. The number of hydrogen-bond acceptors (Lipinski definition) is 1. The van der Waals surface area contributed by atoms with E-state index in [1.54, 1.807) is 0 Å². The van der Waals surface area contributed by atoms with Crippen molar-refractivity contribution in [2.24, 2.45) is 0 Å². The minimum atomic E-state index is 0.191. The Hall–Kier alpha value is -0.960. The Kier molecular flexibility index (Phi) is 2.50. The maximum Gasteiger partial charge on any atom is 0.144 e. The number of H-pyrrole nitrogens is 1. The number of aromatic nitrogens is 1. The van der Waals surface area contributed by atoms with Crippen molar-refractivity contribution in [3.63, 3.8) is 0 Å². The van der Waals surface area contributed by atoms with Crippen molar-refractivity contribution in [2.45, 2.75) is 20.0 Å². The molecule has 0 atom stereocenters. The Morgan fingerprint density at radius 1 is 1.36 bits per heavy atom. The number of nitrogens with one attached hydrogen (secondary N) is 1. The van der Waals surface area contributed by atoms with Crippen molar-refractivity contribution in [2.75, 3.05) is 0 Å². The Labute approximate surface area is 91.4 Å². The molecule has 0 radical (unpaired) electrons. The summed E-state index contributed by atoms with van der Waals surface area (Å²) in [6.07, 6.45) is 2.11. The quantitative estimate of drug-likeness (QED) is 0.868. The van der Waals surface area contributed by atoms with Crippen LogP contribution in [0.25, 0.3) is 10.9 Å². The predicted molar refractivity (Wildman–Crippen MR) is 61.8 cm³/mol. The number of ether oxygens (including phenoxy) is 1. The third-order valence-corrected chi connectivity index (χ3v) is 2.41. The van der Waals surface area contributed by atoms with Crippen molar-refractivity contribution in [1.29, 1.82) is 0 Å². The molecule has 1 N–H and O–H groups in total. The standard InChI is InChI=1S/C11H12BrNO/c1-7(2)14-10-6-9(12)5-8-3-4-13-11(8)10/h3-7,13H,1-2H3. The second kappa shape index (κ2) is 3.65. The summed E-state index contributed by atoms with van der Waals surface area (Å²) >= 11 is 3.46. The highest BCUT2D eigenvalue weighted by Gasteiger charge is 2.06. The van der Waals surface area contributed by atoms with Gasteiger partial charge in [0.2, 0.25) is 0 Å². The van der Waals surface area contributed by atoms with E-state index in [1.807, 2.05) is 32.2 Å². The summed E-state index contributed by atoms with van der Waals surface area (Å²) in [6.45, 7) is 4.05. The number of aromatic amines is 1. The van der Waals surface area contributed by atoms with Gasteiger partial charge < -0.3 is 9.72 Å². The van der Waals surface area contributed by atoms with E-state index in [4.69, 9.17) is 4.74 Å². The highest BCUT2D eigenvalue weighted by molar-refractivity contribution is 9.10. The molecule has 2 rings (SSSR count). The van der Waals surface area contributed by atoms with E-state index in [0.29, 0.717) is 0 Å². The third-order valence-electron chi connectivity index (χ3n) is 1.95. The lowest BCUT2D eigenvalue weighted by atomic mass is 10.2. The molecule has 2 nitrogen and oxygen atoms in total. The van der Waals surface area contributed by atoms with Crippen LogP contribution in [0.5, 0.6) is 5.75 Å². The second-order valence-corrected chi connectivity index (χ2v) is 4.43. The molecule has 74 valence electrons. The van der Waals surface area contributed by atoms with Crippen LogP contribution in [0.15, 0.2) is 28.9 Å². The fourth-order valence-electron chi connectivity index (χ4n) is 1.45. The fraction of sp³-hybridized carbons (Fsp3) is 0.273. The van der Waals surface area contributed by atoms with Crippen LogP contribution in [0.3, 0.4) is 0 Å². The zero-order valence-electron chi connectivity index (χ0n) is 8.17. The SMILES string of the molecule is CC(C)Oc1cc(Br)cc2cc[nH]c12. The first-order chi connectivity index (χ1) is 6.66. The number of fused-ring (bicyclic) bond motifs is 1. The minimum Gasteiger partial charge on any atom is -0.489 e. The molecular weight excluding hydrogens is 242 g/mol. The Morgan fingerprint density at radius 2 is 2.14 bits per heavy atom. The molecule has 1 heterocycles. The van der Waals surface area contributed by atoms with E-state index in [-0.39, 0.29) is 6.10 Å². The molecule has 1 aromatic carbocycles. The van der Waals surface area contributed by atoms with Gasteiger partial charge in [0.05, 0.1) is 11.6 Å². The largest absolute Gasteiger partial charge is 0.489 e. The Balaban J connectivity index is 2.55. The predicted octanol–water partition coefficient (Wildman–Crippen LogP) is 3.72. The van der Waals surface area contributed by atoms with Gasteiger partial charge in [-0.25, -0.2) is 0 Å². The lowest BCUT2D eigenvalue weighted by Gasteiger charge is -2.10.